The molecule has 1 amide bonds. The number of rotatable bonds is 3. The van der Waals surface area contributed by atoms with Crippen molar-refractivity contribution in [2.24, 2.45) is 0 Å². The molecular formula is C26H29N3O3. The maximum Gasteiger partial charge on any atom is 0.261 e. The lowest BCUT2D eigenvalue weighted by Crippen LogP contribution is -2.31. The lowest BCUT2D eigenvalue weighted by Gasteiger charge is -2.25. The molecule has 0 bridgehead atoms. The van der Waals surface area contributed by atoms with Crippen molar-refractivity contribution in [3.8, 4) is 5.75 Å². The summed E-state index contributed by atoms with van der Waals surface area (Å²) in [6.07, 6.45) is 7.12. The number of nitrogens with zero attached hydrogens (tertiary/aromatic N) is 3. The van der Waals surface area contributed by atoms with Gasteiger partial charge in [0.05, 0.1) is 24.1 Å². The molecule has 2 aliphatic heterocycles. The third-order valence-electron chi connectivity index (χ3n) is 6.83. The highest BCUT2D eigenvalue weighted by atomic mass is 16.5. The summed E-state index contributed by atoms with van der Waals surface area (Å²) in [5.74, 6) is 1.66. The van der Waals surface area contributed by atoms with Gasteiger partial charge in [0.1, 0.15) is 11.6 Å². The highest BCUT2D eigenvalue weighted by molar-refractivity contribution is 5.98. The lowest BCUT2D eigenvalue weighted by atomic mass is 10.0. The van der Waals surface area contributed by atoms with Gasteiger partial charge in [0.15, 0.2) is 0 Å². The molecule has 0 aliphatic carbocycles. The van der Waals surface area contributed by atoms with Gasteiger partial charge in [-0.2, -0.15) is 0 Å². The van der Waals surface area contributed by atoms with Gasteiger partial charge >= 0.3 is 0 Å². The molecule has 0 saturated carbocycles. The fraction of sp³-hybridized carbons (Fsp3) is 0.423. The number of aromatic nitrogens is 2. The minimum atomic E-state index is -0.00105. The van der Waals surface area contributed by atoms with E-state index in [9.17, 15) is 9.59 Å². The van der Waals surface area contributed by atoms with Crippen LogP contribution in [0.4, 0.5) is 0 Å². The topological polar surface area (TPSA) is 64.4 Å². The van der Waals surface area contributed by atoms with Crippen molar-refractivity contribution in [2.75, 3.05) is 13.7 Å². The average Bonchev–Trinajstić information content (AvgIpc) is 3.29. The highest BCUT2D eigenvalue weighted by Gasteiger charge is 2.31. The van der Waals surface area contributed by atoms with Crippen LogP contribution in [0, 0.1) is 0 Å². The summed E-state index contributed by atoms with van der Waals surface area (Å²) in [6.45, 7) is 1.46. The number of fused-ring (bicyclic) bond motifs is 2. The van der Waals surface area contributed by atoms with Gasteiger partial charge in [-0.05, 0) is 61.6 Å². The van der Waals surface area contributed by atoms with Crippen LogP contribution in [0.2, 0.25) is 0 Å². The van der Waals surface area contributed by atoms with E-state index in [0.717, 1.165) is 68.8 Å². The fourth-order valence-electron chi connectivity index (χ4n) is 5.08. The first-order valence-corrected chi connectivity index (χ1v) is 11.6. The molecule has 3 aromatic rings. The minimum absolute atomic E-state index is 0.00105. The molecule has 6 heteroatoms. The summed E-state index contributed by atoms with van der Waals surface area (Å²) in [5, 5.41) is 0.596. The zero-order chi connectivity index (χ0) is 22.1. The summed E-state index contributed by atoms with van der Waals surface area (Å²) in [4.78, 5) is 33.3. The first-order chi connectivity index (χ1) is 15.7. The molecule has 0 unspecified atom stereocenters. The molecule has 2 aliphatic rings. The number of methoxy groups -OCH3 is 1. The maximum absolute atomic E-state index is 13.5. The molecule has 0 spiro atoms. The Bertz CT molecular complexity index is 1200. The first kappa shape index (κ1) is 20.7. The number of likely N-dealkylation sites (tertiary alicyclic amines) is 1. The first-order valence-electron chi connectivity index (χ1n) is 11.6. The zero-order valence-electron chi connectivity index (χ0n) is 18.5. The van der Waals surface area contributed by atoms with Gasteiger partial charge in [-0.15, -0.1) is 0 Å². The van der Waals surface area contributed by atoms with Gasteiger partial charge in [-0.25, -0.2) is 4.98 Å². The molecule has 0 radical (unpaired) electrons. The Hall–Kier alpha value is -3.15. The van der Waals surface area contributed by atoms with E-state index < -0.39 is 0 Å². The number of ether oxygens (including phenoxy) is 1. The molecule has 1 aromatic heterocycles. The molecule has 1 fully saturated rings. The normalized spacial score (nSPS) is 18.8. The van der Waals surface area contributed by atoms with Crippen molar-refractivity contribution in [3.63, 3.8) is 0 Å². The van der Waals surface area contributed by atoms with Crippen molar-refractivity contribution in [1.82, 2.24) is 14.5 Å². The predicted molar refractivity (Wildman–Crippen MR) is 124 cm³/mol. The van der Waals surface area contributed by atoms with Gasteiger partial charge in [0.25, 0.3) is 11.5 Å². The van der Waals surface area contributed by atoms with Crippen LogP contribution in [-0.4, -0.2) is 34.0 Å². The van der Waals surface area contributed by atoms with Gasteiger partial charge < -0.3 is 9.64 Å². The van der Waals surface area contributed by atoms with E-state index in [4.69, 9.17) is 9.72 Å². The van der Waals surface area contributed by atoms with Crippen LogP contribution in [0.25, 0.3) is 10.9 Å². The van der Waals surface area contributed by atoms with Gasteiger partial charge in [0.2, 0.25) is 0 Å². The monoisotopic (exact) mass is 431 g/mol. The van der Waals surface area contributed by atoms with Crippen LogP contribution in [0.3, 0.4) is 0 Å². The van der Waals surface area contributed by atoms with Crippen molar-refractivity contribution in [2.45, 2.75) is 57.5 Å². The van der Waals surface area contributed by atoms with Crippen LogP contribution >= 0.6 is 0 Å². The van der Waals surface area contributed by atoms with Crippen molar-refractivity contribution < 1.29 is 9.53 Å². The summed E-state index contributed by atoms with van der Waals surface area (Å²) in [5.41, 5.74) is 2.37. The number of hydrogen-bond donors (Lipinski definition) is 0. The molecule has 1 saturated heterocycles. The van der Waals surface area contributed by atoms with Gasteiger partial charge in [0, 0.05) is 25.1 Å². The minimum Gasteiger partial charge on any atom is -0.497 e. The quantitative estimate of drug-likeness (QED) is 0.613. The van der Waals surface area contributed by atoms with Crippen molar-refractivity contribution >= 4 is 16.8 Å². The molecule has 6 nitrogen and oxygen atoms in total. The lowest BCUT2D eigenvalue weighted by molar-refractivity contribution is 0.0736. The molecule has 1 atom stereocenters. The number of benzene rings is 2. The molecule has 2 aromatic carbocycles. The SMILES string of the molecule is COc1ccc([C@@H]2CCCN2C(=O)c2ccc3c(=O)n4c(nc3c2)CCCCCC4)cc1. The van der Waals surface area contributed by atoms with Crippen molar-refractivity contribution in [3.05, 3.63) is 69.8 Å². The number of hydrogen-bond acceptors (Lipinski definition) is 4. The smallest absolute Gasteiger partial charge is 0.261 e. The zero-order valence-corrected chi connectivity index (χ0v) is 18.5. The summed E-state index contributed by atoms with van der Waals surface area (Å²) < 4.78 is 7.10. The Labute approximate surface area is 187 Å². The average molecular weight is 432 g/mol. The van der Waals surface area contributed by atoms with Crippen molar-refractivity contribution in [1.29, 1.82) is 0 Å². The molecule has 32 heavy (non-hydrogen) atoms. The molecule has 3 heterocycles. The van der Waals surface area contributed by atoms with Gasteiger partial charge in [-0.1, -0.05) is 25.0 Å². The third kappa shape index (κ3) is 3.78. The molecule has 0 N–H and O–H groups in total. The molecule has 5 rings (SSSR count). The Morgan fingerprint density at radius 3 is 2.62 bits per heavy atom. The largest absolute Gasteiger partial charge is 0.497 e. The Morgan fingerprint density at radius 2 is 1.81 bits per heavy atom. The number of aryl methyl sites for hydroxylation is 1. The Morgan fingerprint density at radius 1 is 1.00 bits per heavy atom. The van der Waals surface area contributed by atoms with Crippen LogP contribution in [0.5, 0.6) is 5.75 Å². The second-order valence-corrected chi connectivity index (χ2v) is 8.81. The van der Waals surface area contributed by atoms with E-state index in [-0.39, 0.29) is 17.5 Å². The Kier molecular flexibility index (Phi) is 5.68. The number of carbonyl (C=O) groups is 1. The van der Waals surface area contributed by atoms with E-state index >= 15 is 0 Å². The van der Waals surface area contributed by atoms with E-state index in [0.29, 0.717) is 16.5 Å². The number of amides is 1. The summed E-state index contributed by atoms with van der Waals surface area (Å²) >= 11 is 0. The van der Waals surface area contributed by atoms with E-state index in [1.54, 1.807) is 19.2 Å². The second-order valence-electron chi connectivity index (χ2n) is 8.81. The maximum atomic E-state index is 13.5. The van der Waals surface area contributed by atoms with Crippen LogP contribution in [-0.2, 0) is 13.0 Å². The molecular weight excluding hydrogens is 402 g/mol. The Balaban J connectivity index is 1.47. The molecule has 166 valence electrons. The summed E-state index contributed by atoms with van der Waals surface area (Å²) in [7, 11) is 1.65. The summed E-state index contributed by atoms with van der Waals surface area (Å²) in [6, 6.07) is 13.4. The number of carbonyl (C=O) groups excluding carboxylic acids is 1. The van der Waals surface area contributed by atoms with Crippen LogP contribution in [0.1, 0.15) is 66.3 Å². The fourth-order valence-corrected chi connectivity index (χ4v) is 5.08. The standard InChI is InChI=1S/C26H29N3O3/c1-32-20-12-9-18(10-13-20)23-7-6-16-28(23)25(30)19-11-14-21-22(17-19)27-24-8-4-2-3-5-15-29(24)26(21)31/h9-14,17,23H,2-8,15-16H2,1H3/t23-/m0/s1. The second kappa shape index (κ2) is 8.77. The van der Waals surface area contributed by atoms with Crippen LogP contribution in [0.15, 0.2) is 47.3 Å². The van der Waals surface area contributed by atoms with E-state index in [1.165, 1.54) is 6.42 Å². The third-order valence-corrected chi connectivity index (χ3v) is 6.83. The van der Waals surface area contributed by atoms with Gasteiger partial charge in [-0.3, -0.25) is 14.2 Å². The predicted octanol–water partition coefficient (Wildman–Crippen LogP) is 4.50. The van der Waals surface area contributed by atoms with Crippen LogP contribution < -0.4 is 10.3 Å². The van der Waals surface area contributed by atoms with E-state index in [1.807, 2.05) is 39.8 Å². The highest BCUT2D eigenvalue weighted by Crippen LogP contribution is 2.34. The van der Waals surface area contributed by atoms with E-state index in [2.05, 4.69) is 0 Å².